The number of imide groups is 1. The third-order valence-electron chi connectivity index (χ3n) is 6.43. The molecule has 2 saturated heterocycles. The Hall–Kier alpha value is -2.25. The van der Waals surface area contributed by atoms with Gasteiger partial charge in [-0.15, -0.1) is 0 Å². The Morgan fingerprint density at radius 2 is 1.57 bits per heavy atom. The fraction of sp³-hybridized carbons (Fsp3) is 0.609. The largest absolute Gasteiger partial charge is 0.373 e. The molecule has 4 rings (SSSR count). The number of ether oxygens (including phenoxy) is 1. The van der Waals surface area contributed by atoms with Crippen LogP contribution in [-0.2, 0) is 9.53 Å². The fourth-order valence-corrected chi connectivity index (χ4v) is 4.98. The molecule has 2 atom stereocenters. The van der Waals surface area contributed by atoms with Crippen LogP contribution in [0.3, 0.4) is 0 Å². The lowest BCUT2D eigenvalue weighted by atomic mass is 10.0. The molecule has 0 saturated carbocycles. The minimum atomic E-state index is -0.252. The molecular weight excluding hydrogens is 382 g/mol. The number of hydrogen-bond donors (Lipinski definition) is 0. The molecule has 3 heterocycles. The van der Waals surface area contributed by atoms with Gasteiger partial charge in [0.15, 0.2) is 0 Å². The third-order valence-corrected chi connectivity index (χ3v) is 6.43. The summed E-state index contributed by atoms with van der Waals surface area (Å²) in [6, 6.07) is 7.40. The van der Waals surface area contributed by atoms with Gasteiger partial charge in [-0.05, 0) is 45.2 Å². The minimum absolute atomic E-state index is 0.119. The number of piperidine rings is 1. The van der Waals surface area contributed by atoms with Gasteiger partial charge in [-0.1, -0.05) is 12.1 Å². The maximum Gasteiger partial charge on any atom is 0.261 e. The van der Waals surface area contributed by atoms with Crippen LogP contribution < -0.4 is 0 Å². The van der Waals surface area contributed by atoms with Gasteiger partial charge < -0.3 is 9.64 Å². The number of nitrogens with zero attached hydrogens (tertiary/aromatic N) is 3. The lowest BCUT2D eigenvalue weighted by Crippen LogP contribution is -2.53. The number of carbonyl (C=O) groups is 3. The second kappa shape index (κ2) is 8.86. The van der Waals surface area contributed by atoms with Crippen molar-refractivity contribution in [3.05, 3.63) is 35.4 Å². The highest BCUT2D eigenvalue weighted by molar-refractivity contribution is 6.21. The van der Waals surface area contributed by atoms with E-state index in [0.29, 0.717) is 30.0 Å². The molecule has 7 nitrogen and oxygen atoms in total. The van der Waals surface area contributed by atoms with Crippen LogP contribution in [0.25, 0.3) is 0 Å². The van der Waals surface area contributed by atoms with Gasteiger partial charge in [-0.25, -0.2) is 0 Å². The molecular formula is C23H31N3O4. The lowest BCUT2D eigenvalue weighted by molar-refractivity contribution is -0.134. The van der Waals surface area contributed by atoms with Crippen molar-refractivity contribution in [1.82, 2.24) is 14.7 Å². The van der Waals surface area contributed by atoms with Gasteiger partial charge in [0.25, 0.3) is 11.8 Å². The van der Waals surface area contributed by atoms with E-state index in [1.54, 1.807) is 24.3 Å². The number of likely N-dealkylation sites (tertiary alicyclic amines) is 1. The highest BCUT2D eigenvalue weighted by atomic mass is 16.5. The number of hydrogen-bond acceptors (Lipinski definition) is 5. The molecule has 0 bridgehead atoms. The van der Waals surface area contributed by atoms with E-state index in [0.717, 1.165) is 39.0 Å². The summed E-state index contributed by atoms with van der Waals surface area (Å²) in [5.74, 6) is -0.385. The van der Waals surface area contributed by atoms with Crippen molar-refractivity contribution in [3.63, 3.8) is 0 Å². The standard InChI is InChI=1S/C23H31N3O4/c1-16-14-25(15-17(2)30-16)18-9-12-24(13-10-18)21(27)8-5-11-26-22(28)19-6-3-4-7-20(19)23(26)29/h3-4,6-7,16-18H,5,8-15H2,1-2H3. The van der Waals surface area contributed by atoms with Crippen molar-refractivity contribution in [3.8, 4) is 0 Å². The van der Waals surface area contributed by atoms with E-state index in [4.69, 9.17) is 4.74 Å². The lowest BCUT2D eigenvalue weighted by Gasteiger charge is -2.43. The number of morpholine rings is 1. The molecule has 30 heavy (non-hydrogen) atoms. The molecule has 0 radical (unpaired) electrons. The predicted molar refractivity (Wildman–Crippen MR) is 112 cm³/mol. The first-order valence-corrected chi connectivity index (χ1v) is 11.1. The molecule has 3 amide bonds. The Bertz CT molecular complexity index is 773. The van der Waals surface area contributed by atoms with Crippen molar-refractivity contribution in [2.24, 2.45) is 0 Å². The minimum Gasteiger partial charge on any atom is -0.373 e. The zero-order valence-corrected chi connectivity index (χ0v) is 17.9. The predicted octanol–water partition coefficient (Wildman–Crippen LogP) is 2.16. The van der Waals surface area contributed by atoms with E-state index >= 15 is 0 Å². The molecule has 1 aromatic carbocycles. The molecule has 0 N–H and O–H groups in total. The Morgan fingerprint density at radius 3 is 2.13 bits per heavy atom. The average molecular weight is 414 g/mol. The molecule has 1 aromatic rings. The molecule has 7 heteroatoms. The summed E-state index contributed by atoms with van der Waals surface area (Å²) in [4.78, 5) is 43.2. The third kappa shape index (κ3) is 4.27. The van der Waals surface area contributed by atoms with E-state index in [1.807, 2.05) is 4.90 Å². The van der Waals surface area contributed by atoms with Gasteiger partial charge >= 0.3 is 0 Å². The molecule has 3 aliphatic heterocycles. The first-order chi connectivity index (χ1) is 14.4. The van der Waals surface area contributed by atoms with Crippen LogP contribution in [0.15, 0.2) is 24.3 Å². The number of benzene rings is 1. The van der Waals surface area contributed by atoms with Crippen LogP contribution >= 0.6 is 0 Å². The van der Waals surface area contributed by atoms with E-state index in [1.165, 1.54) is 4.90 Å². The fourth-order valence-electron chi connectivity index (χ4n) is 4.98. The molecule has 3 aliphatic rings. The van der Waals surface area contributed by atoms with Crippen molar-refractivity contribution >= 4 is 17.7 Å². The maximum atomic E-state index is 12.6. The molecule has 2 unspecified atom stereocenters. The van der Waals surface area contributed by atoms with Crippen LogP contribution in [0.4, 0.5) is 0 Å². The van der Waals surface area contributed by atoms with Crippen LogP contribution in [0, 0.1) is 0 Å². The number of fused-ring (bicyclic) bond motifs is 1. The summed E-state index contributed by atoms with van der Waals surface area (Å²) in [7, 11) is 0. The molecule has 2 fully saturated rings. The second-order valence-corrected chi connectivity index (χ2v) is 8.73. The Balaban J connectivity index is 1.22. The van der Waals surface area contributed by atoms with Gasteiger partial charge in [0.05, 0.1) is 23.3 Å². The van der Waals surface area contributed by atoms with Crippen LogP contribution in [0.1, 0.15) is 60.2 Å². The van der Waals surface area contributed by atoms with Gasteiger partial charge in [-0.3, -0.25) is 24.2 Å². The smallest absolute Gasteiger partial charge is 0.261 e. The van der Waals surface area contributed by atoms with Crippen molar-refractivity contribution in [1.29, 1.82) is 0 Å². The van der Waals surface area contributed by atoms with Crippen molar-refractivity contribution < 1.29 is 19.1 Å². The molecule has 0 aromatic heterocycles. The van der Waals surface area contributed by atoms with E-state index in [9.17, 15) is 14.4 Å². The van der Waals surface area contributed by atoms with E-state index in [2.05, 4.69) is 18.7 Å². The van der Waals surface area contributed by atoms with Gasteiger partial charge in [0.2, 0.25) is 5.91 Å². The monoisotopic (exact) mass is 413 g/mol. The van der Waals surface area contributed by atoms with Crippen LogP contribution in [0.2, 0.25) is 0 Å². The molecule has 0 spiro atoms. The van der Waals surface area contributed by atoms with Crippen molar-refractivity contribution in [2.45, 2.75) is 57.8 Å². The summed E-state index contributed by atoms with van der Waals surface area (Å²) in [6.07, 6.45) is 3.37. The quantitative estimate of drug-likeness (QED) is 0.692. The maximum absolute atomic E-state index is 12.6. The first-order valence-electron chi connectivity index (χ1n) is 11.1. The summed E-state index contributed by atoms with van der Waals surface area (Å²) >= 11 is 0. The van der Waals surface area contributed by atoms with E-state index in [-0.39, 0.29) is 36.5 Å². The molecule has 0 aliphatic carbocycles. The van der Waals surface area contributed by atoms with Gasteiger partial charge in [-0.2, -0.15) is 0 Å². The van der Waals surface area contributed by atoms with Gasteiger partial charge in [0.1, 0.15) is 0 Å². The highest BCUT2D eigenvalue weighted by Crippen LogP contribution is 2.24. The van der Waals surface area contributed by atoms with Gasteiger partial charge in [0, 0.05) is 45.2 Å². The first kappa shape index (κ1) is 21.0. The summed E-state index contributed by atoms with van der Waals surface area (Å²) in [5, 5.41) is 0. The number of rotatable bonds is 5. The number of amides is 3. The highest BCUT2D eigenvalue weighted by Gasteiger charge is 2.35. The Kier molecular flexibility index (Phi) is 6.20. The molecule has 162 valence electrons. The van der Waals surface area contributed by atoms with Crippen LogP contribution in [-0.4, -0.2) is 83.4 Å². The normalized spacial score (nSPS) is 25.7. The van der Waals surface area contributed by atoms with Crippen molar-refractivity contribution in [2.75, 3.05) is 32.7 Å². The topological polar surface area (TPSA) is 70.2 Å². The zero-order valence-electron chi connectivity index (χ0n) is 17.9. The summed E-state index contributed by atoms with van der Waals surface area (Å²) in [6.45, 7) is 8.00. The average Bonchev–Trinajstić information content (AvgIpc) is 2.98. The SMILES string of the molecule is CC1CN(C2CCN(C(=O)CCCN3C(=O)c4ccccc4C3=O)CC2)CC(C)O1. The zero-order chi connectivity index (χ0) is 21.3. The van der Waals surface area contributed by atoms with E-state index < -0.39 is 0 Å². The Morgan fingerprint density at radius 1 is 1.00 bits per heavy atom. The summed E-state index contributed by atoms with van der Waals surface area (Å²) in [5.41, 5.74) is 0.922. The number of carbonyl (C=O) groups excluding carboxylic acids is 3. The second-order valence-electron chi connectivity index (χ2n) is 8.73. The summed E-state index contributed by atoms with van der Waals surface area (Å²) < 4.78 is 5.83. The van der Waals surface area contributed by atoms with Crippen LogP contribution in [0.5, 0.6) is 0 Å². The Labute approximate surface area is 177 Å².